The number of nitrogens with zero attached hydrogens (tertiary/aromatic N) is 3. The van der Waals surface area contributed by atoms with Crippen molar-refractivity contribution in [2.75, 3.05) is 44.7 Å². The number of hydrogen-bond acceptors (Lipinski definition) is 3. The van der Waals surface area contributed by atoms with Crippen LogP contribution in [-0.4, -0.2) is 61.5 Å². The van der Waals surface area contributed by atoms with Crippen LogP contribution in [-0.2, 0) is 11.2 Å². The van der Waals surface area contributed by atoms with Gasteiger partial charge in [0, 0.05) is 55.9 Å². The van der Waals surface area contributed by atoms with Crippen LogP contribution in [0.15, 0.2) is 18.2 Å². The maximum absolute atomic E-state index is 12.1. The zero-order valence-corrected chi connectivity index (χ0v) is 17.3. The first-order valence-corrected chi connectivity index (χ1v) is 11.0. The number of carbonyl (C=O) groups excluding carboxylic acids is 1. The van der Waals surface area contributed by atoms with E-state index < -0.39 is 0 Å². The van der Waals surface area contributed by atoms with E-state index in [9.17, 15) is 4.79 Å². The summed E-state index contributed by atoms with van der Waals surface area (Å²) in [4.78, 5) is 19.1. The lowest BCUT2D eigenvalue weighted by molar-refractivity contribution is -0.130. The highest BCUT2D eigenvalue weighted by Gasteiger charge is 2.32. The molecule has 1 aromatic rings. The van der Waals surface area contributed by atoms with Crippen molar-refractivity contribution in [2.45, 2.75) is 51.0 Å². The number of anilines is 1. The molecular formula is C22H32ClN3O. The minimum absolute atomic E-state index is 0.371. The molecule has 0 N–H and O–H groups in total. The van der Waals surface area contributed by atoms with Gasteiger partial charge in [0.1, 0.15) is 0 Å². The van der Waals surface area contributed by atoms with Gasteiger partial charge in [-0.2, -0.15) is 0 Å². The Morgan fingerprint density at radius 3 is 2.59 bits per heavy atom. The van der Waals surface area contributed by atoms with Crippen molar-refractivity contribution in [3.05, 3.63) is 28.8 Å². The minimum atomic E-state index is 0.371. The highest BCUT2D eigenvalue weighted by molar-refractivity contribution is 6.31. The minimum Gasteiger partial charge on any atom is -0.369 e. The van der Waals surface area contributed by atoms with E-state index in [4.69, 9.17) is 11.6 Å². The van der Waals surface area contributed by atoms with Gasteiger partial charge >= 0.3 is 0 Å². The van der Waals surface area contributed by atoms with Crippen molar-refractivity contribution >= 4 is 23.2 Å². The smallest absolute Gasteiger partial charge is 0.222 e. The van der Waals surface area contributed by atoms with E-state index in [0.29, 0.717) is 17.9 Å². The van der Waals surface area contributed by atoms with Crippen molar-refractivity contribution < 1.29 is 4.79 Å². The van der Waals surface area contributed by atoms with Crippen molar-refractivity contribution in [2.24, 2.45) is 5.92 Å². The number of likely N-dealkylation sites (N-methyl/N-ethyl adjacent to an activating group) is 1. The summed E-state index contributed by atoms with van der Waals surface area (Å²) in [6.45, 7) is 5.33. The third kappa shape index (κ3) is 4.43. The standard InChI is InChI=1S/C22H32ClN3O/c1-24-10-12-25(13-11-24)19-8-7-18(21(23)16-19)14-17-4-2-5-20(15-17)26-9-3-6-22(26)27/h7-8,16-17,20H,2-6,9-15H2,1H3. The van der Waals surface area contributed by atoms with Crippen LogP contribution in [0.25, 0.3) is 0 Å². The van der Waals surface area contributed by atoms with E-state index in [1.807, 2.05) is 0 Å². The fourth-order valence-electron chi connectivity index (χ4n) is 5.06. The van der Waals surface area contributed by atoms with Crippen molar-refractivity contribution in [1.82, 2.24) is 9.80 Å². The molecule has 1 aromatic carbocycles. The summed E-state index contributed by atoms with van der Waals surface area (Å²) >= 11 is 6.68. The molecule has 0 bridgehead atoms. The van der Waals surface area contributed by atoms with Crippen LogP contribution in [0.4, 0.5) is 5.69 Å². The zero-order valence-electron chi connectivity index (χ0n) is 16.5. The summed E-state index contributed by atoms with van der Waals surface area (Å²) < 4.78 is 0. The van der Waals surface area contributed by atoms with Gasteiger partial charge in [0.05, 0.1) is 0 Å². The number of piperazine rings is 1. The van der Waals surface area contributed by atoms with Gasteiger partial charge in [-0.25, -0.2) is 0 Å². The van der Waals surface area contributed by atoms with Gasteiger partial charge in [-0.3, -0.25) is 4.79 Å². The second-order valence-electron chi connectivity index (χ2n) is 8.65. The summed E-state index contributed by atoms with van der Waals surface area (Å²) in [5.41, 5.74) is 2.52. The predicted octanol–water partition coefficient (Wildman–Crippen LogP) is 3.82. The first kappa shape index (κ1) is 19.1. The van der Waals surface area contributed by atoms with Crippen LogP contribution in [0.5, 0.6) is 0 Å². The molecule has 2 atom stereocenters. The monoisotopic (exact) mass is 389 g/mol. The normalized spacial score (nSPS) is 27.4. The number of hydrogen-bond donors (Lipinski definition) is 0. The molecule has 2 heterocycles. The lowest BCUT2D eigenvalue weighted by Gasteiger charge is -2.36. The third-order valence-electron chi connectivity index (χ3n) is 6.72. The van der Waals surface area contributed by atoms with Crippen LogP contribution < -0.4 is 4.90 Å². The van der Waals surface area contributed by atoms with E-state index in [-0.39, 0.29) is 0 Å². The molecule has 0 spiro atoms. The number of amides is 1. The Kier molecular flexibility index (Phi) is 5.93. The van der Waals surface area contributed by atoms with E-state index in [1.165, 1.54) is 30.5 Å². The highest BCUT2D eigenvalue weighted by atomic mass is 35.5. The van der Waals surface area contributed by atoms with Gasteiger partial charge in [-0.1, -0.05) is 24.1 Å². The number of benzene rings is 1. The number of likely N-dealkylation sites (tertiary alicyclic amines) is 1. The highest BCUT2D eigenvalue weighted by Crippen LogP contribution is 2.34. The molecule has 2 unspecified atom stereocenters. The Bertz CT molecular complexity index is 672. The topological polar surface area (TPSA) is 26.8 Å². The first-order valence-electron chi connectivity index (χ1n) is 10.6. The summed E-state index contributed by atoms with van der Waals surface area (Å²) in [6.07, 6.45) is 7.65. The van der Waals surface area contributed by atoms with Crippen molar-refractivity contribution in [3.63, 3.8) is 0 Å². The largest absolute Gasteiger partial charge is 0.369 e. The molecule has 1 amide bonds. The second kappa shape index (κ2) is 8.40. The second-order valence-corrected chi connectivity index (χ2v) is 9.05. The molecule has 3 aliphatic rings. The SMILES string of the molecule is CN1CCN(c2ccc(CC3CCCC(N4CCCC4=O)C3)c(Cl)c2)CC1. The van der Waals surface area contributed by atoms with Gasteiger partial charge in [-0.05, 0) is 62.8 Å². The lowest BCUT2D eigenvalue weighted by Crippen LogP contribution is -2.44. The quantitative estimate of drug-likeness (QED) is 0.783. The van der Waals surface area contributed by atoms with Gasteiger partial charge < -0.3 is 14.7 Å². The third-order valence-corrected chi connectivity index (χ3v) is 7.07. The maximum Gasteiger partial charge on any atom is 0.222 e. The van der Waals surface area contributed by atoms with Gasteiger partial charge in [-0.15, -0.1) is 0 Å². The van der Waals surface area contributed by atoms with Crippen molar-refractivity contribution in [3.8, 4) is 0 Å². The molecule has 1 saturated carbocycles. The molecule has 2 saturated heterocycles. The molecule has 2 aliphatic heterocycles. The van der Waals surface area contributed by atoms with Gasteiger partial charge in [0.15, 0.2) is 0 Å². The van der Waals surface area contributed by atoms with E-state index >= 15 is 0 Å². The van der Waals surface area contributed by atoms with Crippen molar-refractivity contribution in [1.29, 1.82) is 0 Å². The van der Waals surface area contributed by atoms with Gasteiger partial charge in [0.25, 0.3) is 0 Å². The molecule has 27 heavy (non-hydrogen) atoms. The van der Waals surface area contributed by atoms with E-state index in [2.05, 4.69) is 39.9 Å². The summed E-state index contributed by atoms with van der Waals surface area (Å²) in [6, 6.07) is 7.10. The molecule has 1 aliphatic carbocycles. The van der Waals surface area contributed by atoms with Crippen LogP contribution in [0, 0.1) is 5.92 Å². The maximum atomic E-state index is 12.1. The predicted molar refractivity (Wildman–Crippen MR) is 112 cm³/mol. The molecule has 148 valence electrons. The van der Waals surface area contributed by atoms with Crippen LogP contribution in [0.2, 0.25) is 5.02 Å². The van der Waals surface area contributed by atoms with Gasteiger partial charge in [0.2, 0.25) is 5.91 Å². The Labute approximate surface area is 168 Å². The Morgan fingerprint density at radius 2 is 1.89 bits per heavy atom. The Morgan fingerprint density at radius 1 is 1.07 bits per heavy atom. The first-order chi connectivity index (χ1) is 13.1. The Hall–Kier alpha value is -1.26. The number of rotatable bonds is 4. The average molecular weight is 390 g/mol. The van der Waals surface area contributed by atoms with Crippen LogP contribution in [0.1, 0.15) is 44.1 Å². The summed E-state index contributed by atoms with van der Waals surface area (Å²) in [5.74, 6) is 1.01. The average Bonchev–Trinajstić information content (AvgIpc) is 3.10. The molecule has 4 nitrogen and oxygen atoms in total. The molecular weight excluding hydrogens is 358 g/mol. The van der Waals surface area contributed by atoms with Crippen LogP contribution >= 0.6 is 11.6 Å². The molecule has 0 radical (unpaired) electrons. The summed E-state index contributed by atoms with van der Waals surface area (Å²) in [7, 11) is 2.18. The lowest BCUT2D eigenvalue weighted by atomic mass is 9.81. The van der Waals surface area contributed by atoms with E-state index in [0.717, 1.165) is 63.4 Å². The van der Waals surface area contributed by atoms with Crippen LogP contribution in [0.3, 0.4) is 0 Å². The zero-order chi connectivity index (χ0) is 18.8. The summed E-state index contributed by atoms with van der Waals surface area (Å²) in [5, 5.41) is 0.908. The number of halogens is 1. The molecule has 4 rings (SSSR count). The fraction of sp³-hybridized carbons (Fsp3) is 0.682. The Balaban J connectivity index is 1.38. The molecule has 3 fully saturated rings. The number of carbonyl (C=O) groups is 1. The molecule has 5 heteroatoms. The fourth-order valence-corrected chi connectivity index (χ4v) is 5.31. The van der Waals surface area contributed by atoms with E-state index in [1.54, 1.807) is 0 Å². The molecule has 0 aromatic heterocycles.